The average molecular weight is 583 g/mol. The second-order valence-corrected chi connectivity index (χ2v) is 12.4. The molecule has 2 fully saturated rings. The summed E-state index contributed by atoms with van der Waals surface area (Å²) in [4.78, 5) is 46.5. The molecule has 1 aromatic heterocycles. The highest BCUT2D eigenvalue weighted by Crippen LogP contribution is 2.37. The predicted octanol–water partition coefficient (Wildman–Crippen LogP) is 2.96. The summed E-state index contributed by atoms with van der Waals surface area (Å²) < 4.78 is 0. The summed E-state index contributed by atoms with van der Waals surface area (Å²) in [7, 11) is 3.61. The van der Waals surface area contributed by atoms with Gasteiger partial charge in [-0.05, 0) is 56.2 Å². The van der Waals surface area contributed by atoms with Crippen LogP contribution < -0.4 is 14.7 Å². The fraction of sp³-hybridized carbons (Fsp3) is 0.545. The lowest BCUT2D eigenvalue weighted by Crippen LogP contribution is -2.55. The molecule has 2 aromatic rings. The van der Waals surface area contributed by atoms with Gasteiger partial charge in [-0.15, -0.1) is 0 Å². The number of anilines is 3. The predicted molar refractivity (Wildman–Crippen MR) is 167 cm³/mol. The number of piperazine rings is 1. The quantitative estimate of drug-likeness (QED) is 0.480. The molecule has 4 aliphatic rings. The molecule has 1 aliphatic carbocycles. The number of benzene rings is 1. The van der Waals surface area contributed by atoms with Gasteiger partial charge in [0.2, 0.25) is 17.8 Å². The zero-order valence-electron chi connectivity index (χ0n) is 25.4. The van der Waals surface area contributed by atoms with Crippen LogP contribution in [0.2, 0.25) is 0 Å². The number of carbonyl (C=O) groups excluding carboxylic acids is 2. The van der Waals surface area contributed by atoms with Gasteiger partial charge in [0.15, 0.2) is 0 Å². The highest BCUT2D eigenvalue weighted by atomic mass is 16.2. The Balaban J connectivity index is 1.37. The highest BCUT2D eigenvalue weighted by molar-refractivity contribution is 5.87. The van der Waals surface area contributed by atoms with Crippen LogP contribution in [0, 0.1) is 11.3 Å². The van der Waals surface area contributed by atoms with Gasteiger partial charge in [0, 0.05) is 70.5 Å². The van der Waals surface area contributed by atoms with Crippen molar-refractivity contribution in [1.82, 2.24) is 19.8 Å². The van der Waals surface area contributed by atoms with Crippen LogP contribution in [-0.2, 0) is 28.9 Å². The van der Waals surface area contributed by atoms with Crippen molar-refractivity contribution in [2.24, 2.45) is 0 Å². The van der Waals surface area contributed by atoms with E-state index in [-0.39, 0.29) is 30.3 Å². The normalized spacial score (nSPS) is 23.3. The monoisotopic (exact) mass is 582 g/mol. The summed E-state index contributed by atoms with van der Waals surface area (Å²) in [6.45, 7) is 7.10. The Labute approximate surface area is 254 Å². The first-order valence-corrected chi connectivity index (χ1v) is 15.7. The third-order valence-electron chi connectivity index (χ3n) is 9.61. The summed E-state index contributed by atoms with van der Waals surface area (Å²) in [6.07, 6.45) is 8.25. The number of para-hydroxylation sites is 1. The fourth-order valence-corrected chi connectivity index (χ4v) is 7.46. The largest absolute Gasteiger partial charge is 0.368 e. The Morgan fingerprint density at radius 3 is 2.67 bits per heavy atom. The van der Waals surface area contributed by atoms with Crippen molar-refractivity contribution in [3.8, 4) is 6.07 Å². The molecule has 10 nitrogen and oxygen atoms in total. The van der Waals surface area contributed by atoms with Gasteiger partial charge in [-0.3, -0.25) is 9.59 Å². The molecule has 0 N–H and O–H groups in total. The number of likely N-dealkylation sites (N-methyl/N-ethyl adjacent to an activating group) is 1. The second-order valence-electron chi connectivity index (χ2n) is 12.4. The van der Waals surface area contributed by atoms with Gasteiger partial charge in [0.25, 0.3) is 0 Å². The number of hydrogen-bond donors (Lipinski definition) is 0. The molecule has 0 bridgehead atoms. The molecule has 2 amide bonds. The summed E-state index contributed by atoms with van der Waals surface area (Å²) in [5.41, 5.74) is 4.99. The van der Waals surface area contributed by atoms with E-state index < -0.39 is 0 Å². The molecule has 0 spiro atoms. The zero-order valence-corrected chi connectivity index (χ0v) is 25.4. The molecule has 6 rings (SSSR count). The first-order valence-electron chi connectivity index (χ1n) is 15.7. The lowest BCUT2D eigenvalue weighted by Gasteiger charge is -2.43. The molecule has 3 atom stereocenters. The topological polar surface area (TPSA) is 99.9 Å². The molecule has 0 radical (unpaired) electrons. The highest BCUT2D eigenvalue weighted by Gasteiger charge is 2.38. The first kappa shape index (κ1) is 29.0. The van der Waals surface area contributed by atoms with Crippen molar-refractivity contribution in [2.75, 3.05) is 61.5 Å². The number of nitriles is 1. The number of aromatic nitrogens is 2. The van der Waals surface area contributed by atoms with E-state index in [2.05, 4.69) is 51.6 Å². The van der Waals surface area contributed by atoms with Gasteiger partial charge >= 0.3 is 0 Å². The third kappa shape index (κ3) is 5.53. The van der Waals surface area contributed by atoms with Crippen molar-refractivity contribution in [3.05, 3.63) is 53.7 Å². The lowest BCUT2D eigenvalue weighted by molar-refractivity contribution is -0.130. The molecule has 4 heterocycles. The number of carbonyl (C=O) groups is 2. The van der Waals surface area contributed by atoms with E-state index in [1.807, 2.05) is 0 Å². The number of aryl methyl sites for hydroxylation is 1. The smallest absolute Gasteiger partial charge is 0.246 e. The van der Waals surface area contributed by atoms with Gasteiger partial charge < -0.3 is 24.5 Å². The number of hydrogen-bond acceptors (Lipinski definition) is 8. The third-order valence-corrected chi connectivity index (χ3v) is 9.61. The molecule has 226 valence electrons. The second kappa shape index (κ2) is 12.2. The van der Waals surface area contributed by atoms with Crippen molar-refractivity contribution < 1.29 is 9.59 Å². The minimum Gasteiger partial charge on any atom is -0.368 e. The number of amides is 2. The van der Waals surface area contributed by atoms with E-state index in [9.17, 15) is 14.9 Å². The molecule has 2 saturated heterocycles. The van der Waals surface area contributed by atoms with E-state index in [0.717, 1.165) is 69.5 Å². The van der Waals surface area contributed by atoms with Crippen molar-refractivity contribution in [3.63, 3.8) is 0 Å². The molecule has 1 aromatic carbocycles. The van der Waals surface area contributed by atoms with Crippen LogP contribution in [-0.4, -0.2) is 96.5 Å². The number of rotatable bonds is 6. The molecular formula is C33H42N8O2. The standard InChI is InChI=1S/C33H42N8O2/c1-4-30(42)40-20-19-38(22-25(40)15-16-34)31-26-14-13-24(39-17-7-10-23-9-5-6-11-28(23)39)21-27(26)35-33(36-31)41-18-8-12-29(41)32(43)37(2)3/h4-6,9,11,24-25,29H,1,7-8,10,12-15,17-22H2,2-3H3. The van der Waals surface area contributed by atoms with Crippen LogP contribution in [0.3, 0.4) is 0 Å². The maximum atomic E-state index is 13.2. The molecule has 10 heteroatoms. The van der Waals surface area contributed by atoms with Crippen LogP contribution in [0.1, 0.15) is 48.9 Å². The Bertz CT molecular complexity index is 1430. The van der Waals surface area contributed by atoms with Crippen LogP contribution in [0.4, 0.5) is 17.5 Å². The van der Waals surface area contributed by atoms with Crippen LogP contribution >= 0.6 is 0 Å². The minimum absolute atomic E-state index is 0.0776. The maximum absolute atomic E-state index is 13.2. The Hall–Kier alpha value is -4.13. The minimum atomic E-state index is -0.275. The number of fused-ring (bicyclic) bond motifs is 2. The zero-order chi connectivity index (χ0) is 30.1. The van der Waals surface area contributed by atoms with E-state index in [0.29, 0.717) is 31.6 Å². The van der Waals surface area contributed by atoms with E-state index in [4.69, 9.17) is 9.97 Å². The first-order chi connectivity index (χ1) is 20.9. The van der Waals surface area contributed by atoms with Crippen LogP contribution in [0.5, 0.6) is 0 Å². The molecular weight excluding hydrogens is 540 g/mol. The van der Waals surface area contributed by atoms with Crippen LogP contribution in [0.25, 0.3) is 0 Å². The summed E-state index contributed by atoms with van der Waals surface area (Å²) in [6, 6.07) is 10.9. The van der Waals surface area contributed by atoms with Crippen molar-refractivity contribution in [1.29, 1.82) is 5.26 Å². The molecule has 3 aliphatic heterocycles. The summed E-state index contributed by atoms with van der Waals surface area (Å²) >= 11 is 0. The molecule has 0 saturated carbocycles. The van der Waals surface area contributed by atoms with E-state index in [1.54, 1.807) is 23.9 Å². The van der Waals surface area contributed by atoms with Gasteiger partial charge in [0.05, 0.1) is 24.2 Å². The summed E-state index contributed by atoms with van der Waals surface area (Å²) in [5.74, 6) is 1.45. The van der Waals surface area contributed by atoms with Gasteiger partial charge in [-0.2, -0.15) is 10.2 Å². The Morgan fingerprint density at radius 2 is 1.88 bits per heavy atom. The lowest BCUT2D eigenvalue weighted by atomic mass is 9.88. The van der Waals surface area contributed by atoms with Crippen molar-refractivity contribution in [2.45, 2.75) is 69.5 Å². The number of nitrogens with zero attached hydrogens (tertiary/aromatic N) is 8. The van der Waals surface area contributed by atoms with E-state index >= 15 is 0 Å². The Morgan fingerprint density at radius 1 is 1.07 bits per heavy atom. The molecule has 43 heavy (non-hydrogen) atoms. The van der Waals surface area contributed by atoms with Crippen molar-refractivity contribution >= 4 is 29.3 Å². The maximum Gasteiger partial charge on any atom is 0.246 e. The SMILES string of the molecule is C=CC(=O)N1CCN(c2nc(N3CCCC3C(=O)N(C)C)nc3c2CCC(N2CCCc4ccccc42)C3)CC1CC#N. The van der Waals surface area contributed by atoms with Gasteiger partial charge in [-0.25, -0.2) is 4.98 Å². The molecule has 3 unspecified atom stereocenters. The Kier molecular flexibility index (Phi) is 8.24. The van der Waals surface area contributed by atoms with Gasteiger partial charge in [-0.1, -0.05) is 24.8 Å². The van der Waals surface area contributed by atoms with E-state index in [1.165, 1.54) is 22.9 Å². The average Bonchev–Trinajstić information content (AvgIpc) is 3.53. The van der Waals surface area contributed by atoms with Crippen LogP contribution in [0.15, 0.2) is 36.9 Å². The fourth-order valence-electron chi connectivity index (χ4n) is 7.46. The summed E-state index contributed by atoms with van der Waals surface area (Å²) in [5, 5.41) is 9.57. The van der Waals surface area contributed by atoms with Gasteiger partial charge in [0.1, 0.15) is 11.9 Å².